The molecule has 0 saturated heterocycles. The van der Waals surface area contributed by atoms with Crippen molar-refractivity contribution >= 4 is 22.8 Å². The third-order valence-electron chi connectivity index (χ3n) is 4.82. The van der Waals surface area contributed by atoms with Crippen LogP contribution < -0.4 is 10.4 Å². The number of aromatic nitrogens is 6. The maximum atomic E-state index is 14.2. The number of alkyl halides is 5. The zero-order chi connectivity index (χ0) is 23.9. The number of ether oxygens (including phenoxy) is 1. The van der Waals surface area contributed by atoms with Crippen molar-refractivity contribution in [3.05, 3.63) is 58.7 Å². The monoisotopic (exact) mass is 487 g/mol. The third-order valence-corrected chi connectivity index (χ3v) is 5.01. The molecule has 0 aliphatic carbocycles. The summed E-state index contributed by atoms with van der Waals surface area (Å²) in [6.07, 6.45) is -7.84. The highest BCUT2D eigenvalue weighted by molar-refractivity contribution is 6.28. The molecule has 1 unspecified atom stereocenters. The van der Waals surface area contributed by atoms with Gasteiger partial charge >= 0.3 is 0 Å². The lowest BCUT2D eigenvalue weighted by Gasteiger charge is -2.10. The van der Waals surface area contributed by atoms with Crippen molar-refractivity contribution in [2.24, 2.45) is 0 Å². The highest BCUT2D eigenvalue weighted by Crippen LogP contribution is 2.26. The minimum Gasteiger partial charge on any atom is -0.481 e. The van der Waals surface area contributed by atoms with Crippen molar-refractivity contribution in [1.82, 2.24) is 28.9 Å². The fourth-order valence-electron chi connectivity index (χ4n) is 3.31. The Kier molecular flexibility index (Phi) is 6.06. The molecule has 14 heteroatoms. The first kappa shape index (κ1) is 22.7. The van der Waals surface area contributed by atoms with E-state index in [1.807, 2.05) is 0 Å². The van der Waals surface area contributed by atoms with Crippen LogP contribution in [0.25, 0.3) is 16.9 Å². The number of hydrogen-bond acceptors (Lipinski definition) is 5. The second kappa shape index (κ2) is 8.81. The lowest BCUT2D eigenvalue weighted by Crippen LogP contribution is -2.29. The van der Waals surface area contributed by atoms with E-state index in [9.17, 15) is 22.0 Å². The van der Waals surface area contributed by atoms with Gasteiger partial charge in [-0.25, -0.2) is 31.6 Å². The molecule has 4 aromatic rings. The van der Waals surface area contributed by atoms with Crippen LogP contribution in [0, 0.1) is 5.41 Å². The number of benzene rings is 1. The molecule has 1 atom stereocenters. The van der Waals surface area contributed by atoms with Crippen molar-refractivity contribution < 1.29 is 26.7 Å². The van der Waals surface area contributed by atoms with Gasteiger partial charge < -0.3 is 4.74 Å². The van der Waals surface area contributed by atoms with Crippen LogP contribution in [0.1, 0.15) is 24.0 Å². The Labute approximate surface area is 187 Å². The Morgan fingerprint density at radius 1 is 1.12 bits per heavy atom. The predicted octanol–water partition coefficient (Wildman–Crippen LogP) is 4.28. The summed E-state index contributed by atoms with van der Waals surface area (Å²) in [6.45, 7) is -0.0373. The number of hydrogen-bond donors (Lipinski definition) is 1. The van der Waals surface area contributed by atoms with E-state index in [-0.39, 0.29) is 28.9 Å². The highest BCUT2D eigenvalue weighted by Gasteiger charge is 2.27. The molecule has 0 aliphatic rings. The molecule has 1 aromatic carbocycles. The first-order valence-electron chi connectivity index (χ1n) is 9.32. The molecule has 3 aromatic heterocycles. The normalized spacial score (nSPS) is 12.8. The van der Waals surface area contributed by atoms with Crippen LogP contribution in [0.2, 0.25) is 5.28 Å². The van der Waals surface area contributed by atoms with Gasteiger partial charge in [-0.15, -0.1) is 0 Å². The molecule has 0 radical (unpaired) electrons. The molecule has 0 fully saturated rings. The standard InChI is InChI=1S/C19H15ClF5N7O/c1-33-13-6-11(14(21)22)29-32(13)10-4-2-9(3-5-10)8-30-17-12(7-27-18(20)28-17)31(19(30)26)16(25)15(23)24/h2-7,14-16,26H,8H2,1H3. The summed E-state index contributed by atoms with van der Waals surface area (Å²) in [5, 5.41) is 11.9. The summed E-state index contributed by atoms with van der Waals surface area (Å²) < 4.78 is 74.2. The first-order valence-corrected chi connectivity index (χ1v) is 9.70. The van der Waals surface area contributed by atoms with Gasteiger partial charge in [0, 0.05) is 6.07 Å². The number of imidazole rings is 1. The van der Waals surface area contributed by atoms with Gasteiger partial charge in [0.25, 0.3) is 12.9 Å². The summed E-state index contributed by atoms with van der Waals surface area (Å²) >= 11 is 5.82. The van der Waals surface area contributed by atoms with Gasteiger partial charge in [0.05, 0.1) is 25.5 Å². The van der Waals surface area contributed by atoms with E-state index in [0.29, 0.717) is 15.8 Å². The lowest BCUT2D eigenvalue weighted by atomic mass is 10.2. The lowest BCUT2D eigenvalue weighted by molar-refractivity contribution is 0.00735. The fraction of sp³-hybridized carbons (Fsp3) is 0.263. The quantitative estimate of drug-likeness (QED) is 0.311. The molecule has 3 heterocycles. The van der Waals surface area contributed by atoms with Gasteiger partial charge in [0.1, 0.15) is 11.2 Å². The Hall–Kier alpha value is -3.48. The van der Waals surface area contributed by atoms with Crippen molar-refractivity contribution in [2.75, 3.05) is 7.11 Å². The van der Waals surface area contributed by atoms with Gasteiger partial charge in [0.15, 0.2) is 5.65 Å². The second-order valence-electron chi connectivity index (χ2n) is 6.83. The van der Waals surface area contributed by atoms with E-state index in [2.05, 4.69) is 15.1 Å². The average Bonchev–Trinajstić information content (AvgIpc) is 3.33. The maximum Gasteiger partial charge on any atom is 0.288 e. The fourth-order valence-corrected chi connectivity index (χ4v) is 3.44. The number of methoxy groups -OCH3 is 1. The number of halogens is 6. The summed E-state index contributed by atoms with van der Waals surface area (Å²) in [4.78, 5) is 7.66. The van der Waals surface area contributed by atoms with Gasteiger partial charge in [-0.1, -0.05) is 12.1 Å². The van der Waals surface area contributed by atoms with E-state index in [4.69, 9.17) is 21.7 Å². The SMILES string of the molecule is COc1cc(C(F)F)nn1-c1ccc(Cn2c(=N)n(C(F)C(F)F)c3cnc(Cl)nc32)cc1. The number of fused-ring (bicyclic) bond motifs is 1. The van der Waals surface area contributed by atoms with E-state index >= 15 is 0 Å². The molecular weight excluding hydrogens is 473 g/mol. The van der Waals surface area contributed by atoms with Gasteiger partial charge in [0.2, 0.25) is 23.1 Å². The van der Waals surface area contributed by atoms with Crippen molar-refractivity contribution in [1.29, 1.82) is 5.41 Å². The highest BCUT2D eigenvalue weighted by atomic mass is 35.5. The smallest absolute Gasteiger partial charge is 0.288 e. The summed E-state index contributed by atoms with van der Waals surface area (Å²) in [5.41, 5.74) is -0.118. The second-order valence-corrected chi connectivity index (χ2v) is 7.16. The summed E-state index contributed by atoms with van der Waals surface area (Å²) in [5.74, 6) is 0.108. The number of rotatable bonds is 7. The van der Waals surface area contributed by atoms with Crippen molar-refractivity contribution in [3.63, 3.8) is 0 Å². The van der Waals surface area contributed by atoms with E-state index in [1.54, 1.807) is 24.3 Å². The molecule has 0 aliphatic heterocycles. The minimum absolute atomic E-state index is 0.00250. The van der Waals surface area contributed by atoms with Crippen LogP contribution in [-0.4, -0.2) is 42.4 Å². The zero-order valence-corrected chi connectivity index (χ0v) is 17.5. The molecule has 0 bridgehead atoms. The van der Waals surface area contributed by atoms with Crippen LogP contribution in [0.5, 0.6) is 5.88 Å². The molecule has 1 N–H and O–H groups in total. The molecule has 8 nitrogen and oxygen atoms in total. The zero-order valence-electron chi connectivity index (χ0n) is 16.8. The molecule has 0 saturated carbocycles. The summed E-state index contributed by atoms with van der Waals surface area (Å²) in [7, 11) is 1.32. The molecule has 33 heavy (non-hydrogen) atoms. The Morgan fingerprint density at radius 2 is 1.82 bits per heavy atom. The topological polar surface area (TPSA) is 86.5 Å². The van der Waals surface area contributed by atoms with Crippen LogP contribution in [0.15, 0.2) is 36.5 Å². The minimum atomic E-state index is -3.37. The van der Waals surface area contributed by atoms with E-state index in [1.165, 1.54) is 16.4 Å². The maximum absolute atomic E-state index is 14.2. The number of nitrogens with one attached hydrogen (secondary N) is 1. The molecule has 174 valence electrons. The van der Waals surface area contributed by atoms with E-state index in [0.717, 1.165) is 12.3 Å². The van der Waals surface area contributed by atoms with Crippen LogP contribution in [-0.2, 0) is 6.54 Å². The van der Waals surface area contributed by atoms with Gasteiger partial charge in [-0.3, -0.25) is 14.5 Å². The Bertz CT molecular complexity index is 1350. The Morgan fingerprint density at radius 3 is 2.42 bits per heavy atom. The average molecular weight is 488 g/mol. The molecule has 0 amide bonds. The summed E-state index contributed by atoms with van der Waals surface area (Å²) in [6, 6.07) is 7.48. The van der Waals surface area contributed by atoms with Crippen molar-refractivity contribution in [3.8, 4) is 11.6 Å². The molecule has 0 spiro atoms. The first-order chi connectivity index (χ1) is 15.7. The van der Waals surface area contributed by atoms with Crippen molar-refractivity contribution in [2.45, 2.75) is 25.7 Å². The predicted molar refractivity (Wildman–Crippen MR) is 107 cm³/mol. The number of nitrogens with zero attached hydrogens (tertiary/aromatic N) is 6. The van der Waals surface area contributed by atoms with Crippen LogP contribution in [0.3, 0.4) is 0 Å². The Balaban J connectivity index is 1.72. The van der Waals surface area contributed by atoms with Gasteiger partial charge in [-0.05, 0) is 29.3 Å². The third kappa shape index (κ3) is 4.15. The largest absolute Gasteiger partial charge is 0.481 e. The van der Waals surface area contributed by atoms with Gasteiger partial charge in [-0.2, -0.15) is 10.1 Å². The molecular formula is C19H15ClF5N7O. The van der Waals surface area contributed by atoms with Crippen LogP contribution in [0.4, 0.5) is 22.0 Å². The van der Waals surface area contributed by atoms with E-state index < -0.39 is 30.5 Å². The molecule has 4 rings (SSSR count). The van der Waals surface area contributed by atoms with Crippen LogP contribution >= 0.6 is 11.6 Å².